The van der Waals surface area contributed by atoms with Crippen LogP contribution in [0.3, 0.4) is 0 Å². The van der Waals surface area contributed by atoms with Gasteiger partial charge in [-0.2, -0.15) is 0 Å². The number of aryl methyl sites for hydroxylation is 2. The Hall–Kier alpha value is -0.410. The molecule has 90 valence electrons. The predicted molar refractivity (Wildman–Crippen MR) is 70.1 cm³/mol. The van der Waals surface area contributed by atoms with Crippen LogP contribution in [0.5, 0.6) is 0 Å². The minimum absolute atomic E-state index is 0.582. The zero-order valence-corrected chi connectivity index (χ0v) is 11.6. The van der Waals surface area contributed by atoms with E-state index in [0.717, 1.165) is 13.0 Å². The molecule has 1 saturated carbocycles. The van der Waals surface area contributed by atoms with Gasteiger partial charge in [0, 0.05) is 17.5 Å². The van der Waals surface area contributed by atoms with E-state index in [0.29, 0.717) is 11.5 Å². The Kier molecular flexibility index (Phi) is 3.36. The van der Waals surface area contributed by atoms with Gasteiger partial charge in [-0.15, -0.1) is 11.3 Å². The second-order valence-electron chi connectivity index (χ2n) is 5.32. The number of nitrogens with zero attached hydrogens (tertiary/aromatic N) is 1. The fourth-order valence-corrected chi connectivity index (χ4v) is 3.02. The van der Waals surface area contributed by atoms with Crippen LogP contribution in [0.15, 0.2) is 0 Å². The van der Waals surface area contributed by atoms with Crippen molar-refractivity contribution in [1.29, 1.82) is 0 Å². The standard InChI is InChI=1S/C13H22N2S/c1-9-12(16-11(3)15-9)5-8-14-10(2)13(4)6-7-13/h10,14H,5-8H2,1-4H3. The van der Waals surface area contributed by atoms with Gasteiger partial charge in [0.25, 0.3) is 0 Å². The third-order valence-corrected chi connectivity index (χ3v) is 5.02. The molecule has 0 spiro atoms. The van der Waals surface area contributed by atoms with Crippen molar-refractivity contribution in [3.8, 4) is 0 Å². The fourth-order valence-electron chi connectivity index (χ4n) is 2.08. The van der Waals surface area contributed by atoms with E-state index >= 15 is 0 Å². The Morgan fingerprint density at radius 1 is 1.44 bits per heavy atom. The molecular weight excluding hydrogens is 216 g/mol. The average molecular weight is 238 g/mol. The molecule has 0 saturated heterocycles. The van der Waals surface area contributed by atoms with Crippen molar-refractivity contribution in [3.05, 3.63) is 15.6 Å². The molecule has 0 amide bonds. The summed E-state index contributed by atoms with van der Waals surface area (Å²) in [6.07, 6.45) is 3.90. The van der Waals surface area contributed by atoms with Gasteiger partial charge in [-0.05, 0) is 45.4 Å². The lowest BCUT2D eigenvalue weighted by molar-refractivity contribution is 0.384. The highest BCUT2D eigenvalue weighted by molar-refractivity contribution is 7.11. The van der Waals surface area contributed by atoms with Gasteiger partial charge in [-0.3, -0.25) is 0 Å². The first-order valence-corrected chi connectivity index (χ1v) is 6.99. The van der Waals surface area contributed by atoms with Crippen molar-refractivity contribution < 1.29 is 0 Å². The quantitative estimate of drug-likeness (QED) is 0.852. The molecule has 2 nitrogen and oxygen atoms in total. The molecule has 16 heavy (non-hydrogen) atoms. The Morgan fingerprint density at radius 3 is 2.62 bits per heavy atom. The van der Waals surface area contributed by atoms with Gasteiger partial charge in [-0.1, -0.05) is 6.92 Å². The molecule has 2 rings (SSSR count). The van der Waals surface area contributed by atoms with E-state index in [1.54, 1.807) is 0 Å². The number of nitrogens with one attached hydrogen (secondary N) is 1. The molecule has 0 aromatic carbocycles. The van der Waals surface area contributed by atoms with Gasteiger partial charge in [-0.25, -0.2) is 4.98 Å². The van der Waals surface area contributed by atoms with Gasteiger partial charge in [0.2, 0.25) is 0 Å². The zero-order chi connectivity index (χ0) is 11.8. The first kappa shape index (κ1) is 12.1. The summed E-state index contributed by atoms with van der Waals surface area (Å²) in [5.41, 5.74) is 1.80. The van der Waals surface area contributed by atoms with Crippen LogP contribution < -0.4 is 5.32 Å². The van der Waals surface area contributed by atoms with Crippen molar-refractivity contribution in [2.75, 3.05) is 6.54 Å². The van der Waals surface area contributed by atoms with E-state index < -0.39 is 0 Å². The molecule has 1 aliphatic carbocycles. The van der Waals surface area contributed by atoms with Crippen LogP contribution in [0, 0.1) is 19.3 Å². The number of aromatic nitrogens is 1. The van der Waals surface area contributed by atoms with Crippen molar-refractivity contribution in [1.82, 2.24) is 10.3 Å². The van der Waals surface area contributed by atoms with Gasteiger partial charge in [0.05, 0.1) is 10.7 Å². The summed E-state index contributed by atoms with van der Waals surface area (Å²) in [5.74, 6) is 0. The second kappa shape index (κ2) is 4.46. The molecular formula is C13H22N2S. The summed E-state index contributed by atoms with van der Waals surface area (Å²) in [5, 5.41) is 4.84. The van der Waals surface area contributed by atoms with Gasteiger partial charge >= 0.3 is 0 Å². The van der Waals surface area contributed by atoms with Gasteiger partial charge in [0.1, 0.15) is 0 Å². The lowest BCUT2D eigenvalue weighted by Crippen LogP contribution is -2.34. The molecule has 1 aromatic rings. The summed E-state index contributed by atoms with van der Waals surface area (Å²) in [6.45, 7) is 9.98. The van der Waals surface area contributed by atoms with Crippen molar-refractivity contribution in [2.24, 2.45) is 5.41 Å². The van der Waals surface area contributed by atoms with E-state index in [-0.39, 0.29) is 0 Å². The maximum Gasteiger partial charge on any atom is 0.0900 e. The molecule has 1 fully saturated rings. The maximum atomic E-state index is 4.46. The Labute approximate surface area is 102 Å². The van der Waals surface area contributed by atoms with Crippen LogP contribution in [0.1, 0.15) is 42.3 Å². The molecule has 1 atom stereocenters. The van der Waals surface area contributed by atoms with E-state index in [1.807, 2.05) is 11.3 Å². The first-order chi connectivity index (χ1) is 7.51. The minimum Gasteiger partial charge on any atom is -0.313 e. The van der Waals surface area contributed by atoms with Crippen LogP contribution in [0.2, 0.25) is 0 Å². The van der Waals surface area contributed by atoms with Crippen LogP contribution in [0.25, 0.3) is 0 Å². The topological polar surface area (TPSA) is 24.9 Å². The molecule has 0 aliphatic heterocycles. The summed E-state index contributed by atoms with van der Waals surface area (Å²) < 4.78 is 0. The summed E-state index contributed by atoms with van der Waals surface area (Å²) in [7, 11) is 0. The first-order valence-electron chi connectivity index (χ1n) is 6.17. The Balaban J connectivity index is 1.77. The smallest absolute Gasteiger partial charge is 0.0900 e. The average Bonchev–Trinajstić information content (AvgIpc) is 2.88. The van der Waals surface area contributed by atoms with Crippen molar-refractivity contribution in [2.45, 2.75) is 53.0 Å². The Morgan fingerprint density at radius 2 is 2.12 bits per heavy atom. The summed E-state index contributed by atoms with van der Waals surface area (Å²) >= 11 is 1.84. The maximum absolute atomic E-state index is 4.46. The summed E-state index contributed by atoms with van der Waals surface area (Å²) in [4.78, 5) is 5.90. The minimum atomic E-state index is 0.582. The number of rotatable bonds is 5. The predicted octanol–water partition coefficient (Wildman–Crippen LogP) is 3.08. The van der Waals surface area contributed by atoms with Crippen LogP contribution >= 0.6 is 11.3 Å². The molecule has 3 heteroatoms. The highest BCUT2D eigenvalue weighted by Crippen LogP contribution is 2.47. The lowest BCUT2D eigenvalue weighted by atomic mass is 10.0. The number of hydrogen-bond donors (Lipinski definition) is 1. The summed E-state index contributed by atoms with van der Waals surface area (Å²) in [6, 6.07) is 0.654. The molecule has 1 heterocycles. The highest BCUT2D eigenvalue weighted by Gasteiger charge is 2.41. The van der Waals surface area contributed by atoms with Gasteiger partial charge in [0.15, 0.2) is 0 Å². The van der Waals surface area contributed by atoms with E-state index in [1.165, 1.54) is 28.4 Å². The third-order valence-electron chi connectivity index (χ3n) is 3.89. The molecule has 1 aromatic heterocycles. The molecule has 1 aliphatic rings. The Bertz CT molecular complexity index is 366. The van der Waals surface area contributed by atoms with E-state index in [9.17, 15) is 0 Å². The molecule has 1 unspecified atom stereocenters. The van der Waals surface area contributed by atoms with Crippen molar-refractivity contribution >= 4 is 11.3 Å². The highest BCUT2D eigenvalue weighted by atomic mass is 32.1. The number of hydrogen-bond acceptors (Lipinski definition) is 3. The second-order valence-corrected chi connectivity index (χ2v) is 6.61. The third kappa shape index (κ3) is 2.64. The van der Waals surface area contributed by atoms with Crippen LogP contribution in [-0.4, -0.2) is 17.6 Å². The monoisotopic (exact) mass is 238 g/mol. The lowest BCUT2D eigenvalue weighted by Gasteiger charge is -2.20. The van der Waals surface area contributed by atoms with Crippen LogP contribution in [0.4, 0.5) is 0 Å². The largest absolute Gasteiger partial charge is 0.313 e. The van der Waals surface area contributed by atoms with E-state index in [2.05, 4.69) is 38.0 Å². The molecule has 1 N–H and O–H groups in total. The van der Waals surface area contributed by atoms with Crippen LogP contribution in [-0.2, 0) is 6.42 Å². The molecule has 0 bridgehead atoms. The molecule has 0 radical (unpaired) electrons. The normalized spacial score (nSPS) is 19.8. The number of thiazole rings is 1. The zero-order valence-electron chi connectivity index (χ0n) is 10.8. The van der Waals surface area contributed by atoms with Gasteiger partial charge < -0.3 is 5.32 Å². The SMILES string of the molecule is Cc1nc(C)c(CCNC(C)C2(C)CC2)s1. The fraction of sp³-hybridized carbons (Fsp3) is 0.769. The van der Waals surface area contributed by atoms with Crippen molar-refractivity contribution in [3.63, 3.8) is 0 Å². The van der Waals surface area contributed by atoms with E-state index in [4.69, 9.17) is 0 Å².